The zero-order chi connectivity index (χ0) is 15.1. The van der Waals surface area contributed by atoms with Crippen LogP contribution in [0.25, 0.3) is 22.2 Å². The van der Waals surface area contributed by atoms with E-state index in [1.165, 1.54) is 17.4 Å². The summed E-state index contributed by atoms with van der Waals surface area (Å²) in [5, 5.41) is 9.99. The Balaban J connectivity index is 2.33. The summed E-state index contributed by atoms with van der Waals surface area (Å²) in [4.78, 5) is 16.0. The highest BCUT2D eigenvalue weighted by atomic mass is 79.9. The first-order chi connectivity index (χ1) is 9.95. The number of carboxylic acid groups (broad SMARTS) is 1. The zero-order valence-corrected chi connectivity index (χ0v) is 14.1. The summed E-state index contributed by atoms with van der Waals surface area (Å²) >= 11 is 16.6. The lowest BCUT2D eigenvalue weighted by atomic mass is 10.1. The third-order valence-corrected chi connectivity index (χ3v) is 4.91. The molecule has 7 heteroatoms. The van der Waals surface area contributed by atoms with Gasteiger partial charge in [0.15, 0.2) is 0 Å². The molecule has 0 atom stereocenters. The van der Waals surface area contributed by atoms with Gasteiger partial charge >= 0.3 is 5.97 Å². The second-order valence-electron chi connectivity index (χ2n) is 4.26. The lowest BCUT2D eigenvalue weighted by molar-refractivity contribution is 0.0699. The summed E-state index contributed by atoms with van der Waals surface area (Å²) in [6, 6.07) is 8.51. The number of hydrogen-bond donors (Lipinski definition) is 1. The zero-order valence-electron chi connectivity index (χ0n) is 10.2. The molecule has 0 bridgehead atoms. The number of aromatic carboxylic acids is 1. The largest absolute Gasteiger partial charge is 0.478 e. The van der Waals surface area contributed by atoms with Crippen molar-refractivity contribution in [1.82, 2.24) is 4.98 Å². The summed E-state index contributed by atoms with van der Waals surface area (Å²) in [5.74, 6) is -1.01. The Bertz CT molecular complexity index is 879. The van der Waals surface area contributed by atoms with Gasteiger partial charge in [0.05, 0.1) is 21.1 Å². The van der Waals surface area contributed by atoms with E-state index < -0.39 is 5.97 Å². The van der Waals surface area contributed by atoms with Crippen LogP contribution in [0.5, 0.6) is 0 Å². The summed E-state index contributed by atoms with van der Waals surface area (Å²) < 4.78 is 1.81. The maximum absolute atomic E-state index is 11.5. The van der Waals surface area contributed by atoms with E-state index >= 15 is 0 Å². The van der Waals surface area contributed by atoms with Gasteiger partial charge in [-0.25, -0.2) is 9.78 Å². The molecule has 0 aliphatic heterocycles. The SMILES string of the molecule is O=C(O)c1cc(-c2cc(Cl)sc2Cl)nc2ccc(Br)cc12. The summed E-state index contributed by atoms with van der Waals surface area (Å²) in [5.41, 5.74) is 1.90. The molecule has 0 unspecified atom stereocenters. The van der Waals surface area contributed by atoms with Crippen LogP contribution in [-0.2, 0) is 0 Å². The van der Waals surface area contributed by atoms with E-state index in [0.29, 0.717) is 30.8 Å². The van der Waals surface area contributed by atoms with E-state index in [9.17, 15) is 9.90 Å². The van der Waals surface area contributed by atoms with Crippen molar-refractivity contribution in [3.05, 3.63) is 49.0 Å². The Morgan fingerprint density at radius 1 is 1.24 bits per heavy atom. The average molecular weight is 403 g/mol. The molecule has 3 aromatic rings. The molecule has 0 aliphatic rings. The van der Waals surface area contributed by atoms with Crippen molar-refractivity contribution < 1.29 is 9.90 Å². The molecule has 21 heavy (non-hydrogen) atoms. The van der Waals surface area contributed by atoms with Crippen LogP contribution in [0.2, 0.25) is 8.67 Å². The van der Waals surface area contributed by atoms with Crippen LogP contribution in [0.15, 0.2) is 34.8 Å². The molecule has 0 saturated heterocycles. The first-order valence-electron chi connectivity index (χ1n) is 5.74. The van der Waals surface area contributed by atoms with E-state index in [1.54, 1.807) is 18.2 Å². The van der Waals surface area contributed by atoms with Gasteiger partial charge in [-0.15, -0.1) is 11.3 Å². The Morgan fingerprint density at radius 3 is 2.62 bits per heavy atom. The maximum Gasteiger partial charge on any atom is 0.336 e. The number of thiophene rings is 1. The number of carbonyl (C=O) groups is 1. The standard InChI is InChI=1S/C14H6BrCl2NO2S/c15-6-1-2-10-7(3-6)8(14(19)20)4-11(18-10)9-5-12(16)21-13(9)17/h1-5H,(H,19,20). The minimum Gasteiger partial charge on any atom is -0.478 e. The fourth-order valence-corrected chi connectivity index (χ4v) is 3.87. The predicted molar refractivity (Wildman–Crippen MR) is 89.7 cm³/mol. The highest BCUT2D eigenvalue weighted by Crippen LogP contribution is 2.38. The van der Waals surface area contributed by atoms with Gasteiger partial charge in [-0.3, -0.25) is 0 Å². The van der Waals surface area contributed by atoms with Crippen LogP contribution in [-0.4, -0.2) is 16.1 Å². The molecule has 1 aromatic carbocycles. The summed E-state index contributed by atoms with van der Waals surface area (Å²) in [6.45, 7) is 0. The van der Waals surface area contributed by atoms with Crippen molar-refractivity contribution in [2.75, 3.05) is 0 Å². The molecule has 2 aromatic heterocycles. The highest BCUT2D eigenvalue weighted by molar-refractivity contribution is 9.10. The monoisotopic (exact) mass is 401 g/mol. The van der Waals surface area contributed by atoms with Crippen LogP contribution in [0.3, 0.4) is 0 Å². The molecule has 0 fully saturated rings. The quantitative estimate of drug-likeness (QED) is 0.595. The molecular weight excluding hydrogens is 397 g/mol. The fraction of sp³-hybridized carbons (Fsp3) is 0. The van der Waals surface area contributed by atoms with Gasteiger partial charge in [-0.1, -0.05) is 39.1 Å². The van der Waals surface area contributed by atoms with Gasteiger partial charge in [0.25, 0.3) is 0 Å². The van der Waals surface area contributed by atoms with Crippen LogP contribution in [0.1, 0.15) is 10.4 Å². The molecule has 3 nitrogen and oxygen atoms in total. The molecule has 0 aliphatic carbocycles. The summed E-state index contributed by atoms with van der Waals surface area (Å²) in [7, 11) is 0. The number of fused-ring (bicyclic) bond motifs is 1. The van der Waals surface area contributed by atoms with Gasteiger partial charge in [-0.2, -0.15) is 0 Å². The second kappa shape index (κ2) is 5.57. The van der Waals surface area contributed by atoms with Crippen molar-refractivity contribution >= 4 is 67.3 Å². The van der Waals surface area contributed by atoms with Gasteiger partial charge in [0.1, 0.15) is 4.34 Å². The number of benzene rings is 1. The number of halogens is 3. The van der Waals surface area contributed by atoms with Crippen molar-refractivity contribution in [1.29, 1.82) is 0 Å². The second-order valence-corrected chi connectivity index (χ2v) is 7.46. The number of hydrogen-bond acceptors (Lipinski definition) is 3. The maximum atomic E-state index is 11.5. The molecule has 3 rings (SSSR count). The van der Waals surface area contributed by atoms with E-state index in [2.05, 4.69) is 20.9 Å². The summed E-state index contributed by atoms with van der Waals surface area (Å²) in [6.07, 6.45) is 0. The Morgan fingerprint density at radius 2 is 2.00 bits per heavy atom. The van der Waals surface area contributed by atoms with Crippen LogP contribution in [0, 0.1) is 0 Å². The topological polar surface area (TPSA) is 50.2 Å². The van der Waals surface area contributed by atoms with Crippen molar-refractivity contribution in [3.8, 4) is 11.3 Å². The molecule has 0 radical (unpaired) electrons. The van der Waals surface area contributed by atoms with Crippen molar-refractivity contribution in [2.24, 2.45) is 0 Å². The van der Waals surface area contributed by atoms with Gasteiger partial charge in [0, 0.05) is 15.4 Å². The number of carboxylic acids is 1. The van der Waals surface area contributed by atoms with Crippen molar-refractivity contribution in [2.45, 2.75) is 0 Å². The van der Waals surface area contributed by atoms with Gasteiger partial charge in [-0.05, 0) is 30.3 Å². The minimum atomic E-state index is -1.01. The van der Waals surface area contributed by atoms with Gasteiger partial charge in [0.2, 0.25) is 0 Å². The molecule has 0 spiro atoms. The normalized spacial score (nSPS) is 11.0. The number of pyridine rings is 1. The first-order valence-corrected chi connectivity index (χ1v) is 8.11. The lowest BCUT2D eigenvalue weighted by Gasteiger charge is -2.07. The minimum absolute atomic E-state index is 0.176. The Hall–Kier alpha value is -1.14. The molecule has 2 heterocycles. The molecule has 106 valence electrons. The number of nitrogens with zero attached hydrogens (tertiary/aromatic N) is 1. The highest BCUT2D eigenvalue weighted by Gasteiger charge is 2.16. The first kappa shape index (κ1) is 14.8. The van der Waals surface area contributed by atoms with Crippen molar-refractivity contribution in [3.63, 3.8) is 0 Å². The number of rotatable bonds is 2. The third kappa shape index (κ3) is 2.79. The lowest BCUT2D eigenvalue weighted by Crippen LogP contribution is -2.00. The molecular formula is C14H6BrCl2NO2S. The van der Waals surface area contributed by atoms with Crippen LogP contribution < -0.4 is 0 Å². The van der Waals surface area contributed by atoms with E-state index in [4.69, 9.17) is 23.2 Å². The van der Waals surface area contributed by atoms with Gasteiger partial charge < -0.3 is 5.11 Å². The molecule has 0 saturated carbocycles. The van der Waals surface area contributed by atoms with E-state index in [-0.39, 0.29) is 5.56 Å². The molecule has 1 N–H and O–H groups in total. The van der Waals surface area contributed by atoms with E-state index in [1.807, 2.05) is 6.07 Å². The van der Waals surface area contributed by atoms with Crippen LogP contribution in [0.4, 0.5) is 0 Å². The fourth-order valence-electron chi connectivity index (χ4n) is 2.03. The van der Waals surface area contributed by atoms with Crippen LogP contribution >= 0.6 is 50.5 Å². The number of aromatic nitrogens is 1. The third-order valence-electron chi connectivity index (χ3n) is 2.93. The molecule has 0 amide bonds. The average Bonchev–Trinajstić information content (AvgIpc) is 2.76. The Labute approximate surface area is 142 Å². The Kier molecular flexibility index (Phi) is 3.92. The smallest absolute Gasteiger partial charge is 0.336 e. The van der Waals surface area contributed by atoms with E-state index in [0.717, 1.165) is 4.47 Å². The predicted octanol–water partition coefficient (Wildman–Crippen LogP) is 5.73.